The number of hydrogen-bond donors (Lipinski definition) is 5. The number of carboxylic acids is 1. The summed E-state index contributed by atoms with van der Waals surface area (Å²) in [6, 6.07) is 0. The van der Waals surface area contributed by atoms with Gasteiger partial charge in [-0.1, -0.05) is 0 Å². The van der Waals surface area contributed by atoms with Gasteiger partial charge in [0.15, 0.2) is 0 Å². The van der Waals surface area contributed by atoms with Gasteiger partial charge in [0, 0.05) is 0 Å². The summed E-state index contributed by atoms with van der Waals surface area (Å²) in [5.74, 6) is -1.12. The quantitative estimate of drug-likeness (QED) is 0.290. The summed E-state index contributed by atoms with van der Waals surface area (Å²) in [6.45, 7) is -1.98. The number of carbonyl (C=O) groups is 1. The molecule has 5 N–H and O–H groups in total. The second kappa shape index (κ2) is 7.69. The van der Waals surface area contributed by atoms with Crippen LogP contribution in [0.5, 0.6) is 0 Å². The van der Waals surface area contributed by atoms with Crippen molar-refractivity contribution in [2.45, 2.75) is 5.54 Å². The van der Waals surface area contributed by atoms with Crippen LogP contribution in [0.25, 0.3) is 0 Å². The third-order valence-electron chi connectivity index (χ3n) is 1.52. The van der Waals surface area contributed by atoms with Crippen LogP contribution in [0, 0.1) is 0 Å². The van der Waals surface area contributed by atoms with Crippen molar-refractivity contribution in [3.05, 3.63) is 0 Å². The molecule has 0 fully saturated rings. The van der Waals surface area contributed by atoms with Crippen LogP contribution >= 0.6 is 0 Å². The third kappa shape index (κ3) is 5.58. The molecule has 7 heteroatoms. The molecule has 74 valence electrons. The van der Waals surface area contributed by atoms with E-state index in [-0.39, 0.29) is 29.6 Å². The van der Waals surface area contributed by atoms with Crippen LogP contribution in [-0.4, -0.2) is 87.9 Å². The number of nitrogens with one attached hydrogen (secondary N) is 1. The van der Waals surface area contributed by atoms with Crippen LogP contribution in [0.2, 0.25) is 0 Å². The van der Waals surface area contributed by atoms with Gasteiger partial charge in [-0.25, -0.2) is 0 Å². The predicted molar refractivity (Wildman–Crippen MR) is 46.8 cm³/mol. The minimum atomic E-state index is -1.31. The van der Waals surface area contributed by atoms with Gasteiger partial charge in [-0.05, 0) is 0 Å². The monoisotopic (exact) mass is 203 g/mol. The molecule has 0 spiro atoms. The summed E-state index contributed by atoms with van der Waals surface area (Å²) in [5, 5.41) is 36.7. The molecule has 0 aromatic heterocycles. The fourth-order valence-electron chi connectivity index (χ4n) is 0.581. The Kier molecular flexibility index (Phi) is 9.33. The summed E-state index contributed by atoms with van der Waals surface area (Å²) in [4.78, 5) is 10.1. The van der Waals surface area contributed by atoms with E-state index >= 15 is 0 Å². The minimum absolute atomic E-state index is 0. The van der Waals surface area contributed by atoms with Crippen molar-refractivity contribution in [3.63, 3.8) is 0 Å². The molecule has 0 aliphatic heterocycles. The van der Waals surface area contributed by atoms with Crippen molar-refractivity contribution in [2.24, 2.45) is 0 Å². The number of aliphatic hydroxyl groups excluding tert-OH is 3. The fourth-order valence-corrected chi connectivity index (χ4v) is 0.581. The van der Waals surface area contributed by atoms with E-state index in [9.17, 15) is 4.79 Å². The molecule has 6 nitrogen and oxygen atoms in total. The molecule has 13 heavy (non-hydrogen) atoms. The van der Waals surface area contributed by atoms with Gasteiger partial charge in [-0.3, -0.25) is 10.1 Å². The average molecular weight is 203 g/mol. The second-order valence-electron chi connectivity index (χ2n) is 2.50. The Morgan fingerprint density at radius 3 is 1.77 bits per heavy atom. The molecule has 0 unspecified atom stereocenters. The first-order valence-electron chi connectivity index (χ1n) is 3.39. The van der Waals surface area contributed by atoms with E-state index in [1.807, 2.05) is 0 Å². The van der Waals surface area contributed by atoms with Crippen molar-refractivity contribution in [2.75, 3.05) is 26.4 Å². The van der Waals surface area contributed by atoms with Gasteiger partial charge in [-0.2, -0.15) is 0 Å². The van der Waals surface area contributed by atoms with Gasteiger partial charge >= 0.3 is 35.5 Å². The first kappa shape index (κ1) is 15.8. The molecule has 0 aliphatic rings. The Hall–Kier alpha value is 0.310. The van der Waals surface area contributed by atoms with Crippen LogP contribution in [0.1, 0.15) is 0 Å². The van der Waals surface area contributed by atoms with Crippen molar-refractivity contribution in [1.82, 2.24) is 5.32 Å². The summed E-state index contributed by atoms with van der Waals surface area (Å²) in [7, 11) is 0. The Labute approximate surface area is 97.9 Å². The maximum absolute atomic E-state index is 10.1. The molecule has 0 aromatic carbocycles. The second-order valence-corrected chi connectivity index (χ2v) is 2.50. The van der Waals surface area contributed by atoms with E-state index in [1.165, 1.54) is 0 Å². The molecule has 0 amide bonds. The van der Waals surface area contributed by atoms with Gasteiger partial charge in [0.25, 0.3) is 0 Å². The standard InChI is InChI=1S/C6H13NO5.Na.H/c8-2-6(3-9,4-10)7-1-5(11)12;;/h7-10H,1-4H2,(H,11,12);;. The number of rotatable bonds is 6. The number of hydrogen-bond acceptors (Lipinski definition) is 5. The molecule has 0 rings (SSSR count). The zero-order chi connectivity index (χ0) is 9.61. The summed E-state index contributed by atoms with van der Waals surface area (Å²) < 4.78 is 0. The van der Waals surface area contributed by atoms with Crippen molar-refractivity contribution in [3.8, 4) is 0 Å². The normalized spacial score (nSPS) is 10.7. The van der Waals surface area contributed by atoms with Crippen molar-refractivity contribution >= 4 is 35.5 Å². The number of carboxylic acid groups (broad SMARTS) is 1. The molecule has 0 heterocycles. The van der Waals surface area contributed by atoms with E-state index in [4.69, 9.17) is 20.4 Å². The first-order chi connectivity index (χ1) is 5.60. The summed E-state index contributed by atoms with van der Waals surface area (Å²) >= 11 is 0. The van der Waals surface area contributed by atoms with Crippen molar-refractivity contribution in [1.29, 1.82) is 0 Å². The Balaban J connectivity index is 0. The summed E-state index contributed by atoms with van der Waals surface area (Å²) in [6.07, 6.45) is 0. The van der Waals surface area contributed by atoms with Crippen LogP contribution in [0.3, 0.4) is 0 Å². The fraction of sp³-hybridized carbons (Fsp3) is 0.833. The number of aliphatic carboxylic acids is 1. The van der Waals surface area contributed by atoms with E-state index in [0.29, 0.717) is 0 Å². The average Bonchev–Trinajstić information content (AvgIpc) is 2.08. The van der Waals surface area contributed by atoms with E-state index in [1.54, 1.807) is 0 Å². The Bertz CT molecular complexity index is 142. The van der Waals surface area contributed by atoms with Gasteiger partial charge in [0.1, 0.15) is 0 Å². The molecule has 0 aliphatic carbocycles. The Morgan fingerprint density at radius 2 is 1.54 bits per heavy atom. The molecule has 0 bridgehead atoms. The van der Waals surface area contributed by atoms with Gasteiger partial charge in [0.05, 0.1) is 31.9 Å². The molecule has 0 radical (unpaired) electrons. The number of aliphatic hydroxyl groups is 3. The molecular weight excluding hydrogens is 189 g/mol. The van der Waals surface area contributed by atoms with Crippen molar-refractivity contribution < 1.29 is 25.2 Å². The molecule has 0 saturated carbocycles. The zero-order valence-corrected chi connectivity index (χ0v) is 6.53. The van der Waals surface area contributed by atoms with E-state index in [2.05, 4.69) is 5.32 Å². The van der Waals surface area contributed by atoms with Crippen LogP contribution in [0.4, 0.5) is 0 Å². The van der Waals surface area contributed by atoms with Gasteiger partial charge in [0.2, 0.25) is 0 Å². The van der Waals surface area contributed by atoms with E-state index in [0.717, 1.165) is 0 Å². The van der Waals surface area contributed by atoms with Gasteiger partial charge < -0.3 is 20.4 Å². The topological polar surface area (TPSA) is 110 Å². The molecular formula is C6H14NNaO5. The Morgan fingerprint density at radius 1 is 1.15 bits per heavy atom. The summed E-state index contributed by atoms with van der Waals surface area (Å²) in [5.41, 5.74) is -1.31. The van der Waals surface area contributed by atoms with Gasteiger partial charge in [-0.15, -0.1) is 0 Å². The van der Waals surface area contributed by atoms with Crippen LogP contribution < -0.4 is 5.32 Å². The molecule has 0 aromatic rings. The third-order valence-corrected chi connectivity index (χ3v) is 1.52. The SMILES string of the molecule is O=C(O)CNC(CO)(CO)CO.[NaH]. The van der Waals surface area contributed by atoms with Crippen LogP contribution in [-0.2, 0) is 4.79 Å². The molecule has 0 saturated heterocycles. The maximum atomic E-state index is 10.1. The van der Waals surface area contributed by atoms with E-state index < -0.39 is 37.9 Å². The molecule has 0 atom stereocenters. The first-order valence-corrected chi connectivity index (χ1v) is 3.39. The van der Waals surface area contributed by atoms with Crippen LogP contribution in [0.15, 0.2) is 0 Å². The predicted octanol–water partition coefficient (Wildman–Crippen LogP) is -3.27. The zero-order valence-electron chi connectivity index (χ0n) is 6.53.